The van der Waals surface area contributed by atoms with Crippen LogP contribution in [0.5, 0.6) is 0 Å². The lowest BCUT2D eigenvalue weighted by molar-refractivity contribution is 0.669. The van der Waals surface area contributed by atoms with Gasteiger partial charge in [0.1, 0.15) is 11.2 Å². The second-order valence-corrected chi connectivity index (χ2v) is 12.6. The van der Waals surface area contributed by atoms with Crippen LogP contribution >= 0.6 is 0 Å². The molecule has 10 rings (SSSR count). The summed E-state index contributed by atoms with van der Waals surface area (Å²) in [6.07, 6.45) is 0. The van der Waals surface area contributed by atoms with Crippen molar-refractivity contribution < 1.29 is 4.42 Å². The summed E-state index contributed by atoms with van der Waals surface area (Å²) < 4.78 is 8.76. The van der Waals surface area contributed by atoms with Crippen LogP contribution in [-0.2, 0) is 0 Å². The van der Waals surface area contributed by atoms with Crippen molar-refractivity contribution in [3.8, 4) is 50.7 Å². The van der Waals surface area contributed by atoms with Crippen LogP contribution in [0.25, 0.3) is 94.5 Å². The van der Waals surface area contributed by atoms with Gasteiger partial charge in [-0.1, -0.05) is 115 Å². The maximum Gasteiger partial charge on any atom is 0.160 e. The molecule has 0 atom stereocenters. The molecule has 3 heterocycles. The Kier molecular flexibility index (Phi) is 6.46. The normalized spacial score (nSPS) is 11.6. The van der Waals surface area contributed by atoms with Crippen LogP contribution in [0.3, 0.4) is 0 Å². The minimum Gasteiger partial charge on any atom is -0.456 e. The standard InChI is InChI=1S/C46H29N3O/c1-4-12-30(13-5-1)34-22-26-41-38(28-34)36-25-27-43-44(37-18-10-11-19-42(37)50-43)45(36)49(41)35-23-20-33(21-24-35)46-47-39(31-14-6-2-7-15-31)29-40(48-46)32-16-8-3-9-17-32/h1-29H. The molecule has 0 radical (unpaired) electrons. The summed E-state index contributed by atoms with van der Waals surface area (Å²) in [5, 5.41) is 4.61. The zero-order valence-corrected chi connectivity index (χ0v) is 27.0. The van der Waals surface area contributed by atoms with Crippen molar-refractivity contribution in [3.05, 3.63) is 176 Å². The topological polar surface area (TPSA) is 43.9 Å². The van der Waals surface area contributed by atoms with Gasteiger partial charge in [-0.05, 0) is 71.8 Å². The average Bonchev–Trinajstić information content (AvgIpc) is 3.74. The number of furan rings is 1. The van der Waals surface area contributed by atoms with E-state index in [0.29, 0.717) is 5.82 Å². The smallest absolute Gasteiger partial charge is 0.160 e. The number of nitrogens with zero attached hydrogens (tertiary/aromatic N) is 3. The van der Waals surface area contributed by atoms with Crippen molar-refractivity contribution in [2.75, 3.05) is 0 Å². The van der Waals surface area contributed by atoms with Crippen molar-refractivity contribution >= 4 is 43.7 Å². The Balaban J connectivity index is 1.18. The van der Waals surface area contributed by atoms with Crippen molar-refractivity contribution in [3.63, 3.8) is 0 Å². The maximum absolute atomic E-state index is 6.38. The van der Waals surface area contributed by atoms with Crippen LogP contribution in [0.1, 0.15) is 0 Å². The first kappa shape index (κ1) is 28.3. The molecule has 0 aliphatic heterocycles. The van der Waals surface area contributed by atoms with Gasteiger partial charge in [0.15, 0.2) is 5.82 Å². The molecule has 0 spiro atoms. The van der Waals surface area contributed by atoms with E-state index in [2.05, 4.69) is 132 Å². The Bertz CT molecular complexity index is 2780. The van der Waals surface area contributed by atoms with Crippen LogP contribution < -0.4 is 0 Å². The summed E-state index contributed by atoms with van der Waals surface area (Å²) in [6.45, 7) is 0. The molecule has 0 saturated carbocycles. The molecule has 4 nitrogen and oxygen atoms in total. The van der Waals surface area contributed by atoms with Crippen molar-refractivity contribution in [1.82, 2.24) is 14.5 Å². The molecule has 0 fully saturated rings. The van der Waals surface area contributed by atoms with Crippen LogP contribution in [0.4, 0.5) is 0 Å². The number of benzene rings is 7. The quantitative estimate of drug-likeness (QED) is 0.188. The van der Waals surface area contributed by atoms with Gasteiger partial charge in [0.2, 0.25) is 0 Å². The van der Waals surface area contributed by atoms with Crippen LogP contribution in [0.15, 0.2) is 180 Å². The molecule has 0 bridgehead atoms. The van der Waals surface area contributed by atoms with Crippen LogP contribution in [0, 0.1) is 0 Å². The van der Waals surface area contributed by atoms with E-state index >= 15 is 0 Å². The predicted octanol–water partition coefficient (Wildman–Crippen LogP) is 12.1. The number of para-hydroxylation sites is 1. The molecule has 0 unspecified atom stereocenters. The number of fused-ring (bicyclic) bond motifs is 7. The van der Waals surface area contributed by atoms with E-state index < -0.39 is 0 Å². The van der Waals surface area contributed by atoms with Gasteiger partial charge in [-0.25, -0.2) is 9.97 Å². The summed E-state index contributed by atoms with van der Waals surface area (Å²) in [4.78, 5) is 10.1. The molecule has 0 aliphatic carbocycles. The Morgan fingerprint density at radius 1 is 0.400 bits per heavy atom. The Labute approximate surface area is 288 Å². The van der Waals surface area contributed by atoms with Gasteiger partial charge in [0.05, 0.1) is 27.8 Å². The number of hydrogen-bond acceptors (Lipinski definition) is 3. The van der Waals surface area contributed by atoms with E-state index in [1.807, 2.05) is 48.5 Å². The summed E-state index contributed by atoms with van der Waals surface area (Å²) in [6, 6.07) is 61.3. The van der Waals surface area contributed by atoms with E-state index in [0.717, 1.165) is 66.7 Å². The van der Waals surface area contributed by atoms with Gasteiger partial charge in [-0.15, -0.1) is 0 Å². The zero-order chi connectivity index (χ0) is 33.0. The fourth-order valence-electron chi connectivity index (χ4n) is 7.24. The SMILES string of the molecule is c1ccc(-c2ccc3c(c2)c2ccc4oc5ccccc5c4c2n3-c2ccc(-c3nc(-c4ccccc4)cc(-c4ccccc4)n3)cc2)cc1. The molecule has 50 heavy (non-hydrogen) atoms. The molecule has 0 aliphatic rings. The first-order valence-corrected chi connectivity index (χ1v) is 16.8. The highest BCUT2D eigenvalue weighted by molar-refractivity contribution is 6.24. The molecule has 3 aromatic heterocycles. The van der Waals surface area contributed by atoms with Gasteiger partial charge < -0.3 is 8.98 Å². The summed E-state index contributed by atoms with van der Waals surface area (Å²) >= 11 is 0. The number of rotatable bonds is 5. The minimum atomic E-state index is 0.690. The monoisotopic (exact) mass is 639 g/mol. The lowest BCUT2D eigenvalue weighted by atomic mass is 10.0. The fraction of sp³-hybridized carbons (Fsp3) is 0. The van der Waals surface area contributed by atoms with E-state index in [-0.39, 0.29) is 0 Å². The van der Waals surface area contributed by atoms with Crippen molar-refractivity contribution in [1.29, 1.82) is 0 Å². The Hall–Kier alpha value is -6.78. The molecule has 0 saturated heterocycles. The molecule has 10 aromatic rings. The highest BCUT2D eigenvalue weighted by Crippen LogP contribution is 2.42. The van der Waals surface area contributed by atoms with Gasteiger partial charge in [-0.2, -0.15) is 0 Å². The fourth-order valence-corrected chi connectivity index (χ4v) is 7.24. The Morgan fingerprint density at radius 3 is 1.68 bits per heavy atom. The first-order chi connectivity index (χ1) is 24.8. The average molecular weight is 640 g/mol. The number of hydrogen-bond donors (Lipinski definition) is 0. The third-order valence-electron chi connectivity index (χ3n) is 9.62. The second-order valence-electron chi connectivity index (χ2n) is 12.6. The van der Waals surface area contributed by atoms with E-state index in [1.54, 1.807) is 0 Å². The van der Waals surface area contributed by atoms with Crippen LogP contribution in [0.2, 0.25) is 0 Å². The molecule has 7 aromatic carbocycles. The third-order valence-corrected chi connectivity index (χ3v) is 9.62. The third kappa shape index (κ3) is 4.61. The van der Waals surface area contributed by atoms with Gasteiger partial charge >= 0.3 is 0 Å². The number of aromatic nitrogens is 3. The van der Waals surface area contributed by atoms with Gasteiger partial charge in [0, 0.05) is 38.5 Å². The second kappa shape index (κ2) is 11.4. The van der Waals surface area contributed by atoms with Crippen molar-refractivity contribution in [2.45, 2.75) is 0 Å². The molecule has 0 N–H and O–H groups in total. The molecular weight excluding hydrogens is 611 g/mol. The summed E-state index contributed by atoms with van der Waals surface area (Å²) in [7, 11) is 0. The molecule has 4 heteroatoms. The largest absolute Gasteiger partial charge is 0.456 e. The highest BCUT2D eigenvalue weighted by Gasteiger charge is 2.20. The Morgan fingerprint density at radius 2 is 1.00 bits per heavy atom. The summed E-state index contributed by atoms with van der Waals surface area (Å²) in [5.41, 5.74) is 12.3. The minimum absolute atomic E-state index is 0.690. The van der Waals surface area contributed by atoms with E-state index in [9.17, 15) is 0 Å². The molecule has 234 valence electrons. The maximum atomic E-state index is 6.38. The molecule has 0 amide bonds. The van der Waals surface area contributed by atoms with Crippen LogP contribution in [-0.4, -0.2) is 14.5 Å². The van der Waals surface area contributed by atoms with E-state index in [1.165, 1.54) is 21.9 Å². The zero-order valence-electron chi connectivity index (χ0n) is 27.0. The lowest BCUT2D eigenvalue weighted by Crippen LogP contribution is -1.97. The molecular formula is C46H29N3O. The van der Waals surface area contributed by atoms with Gasteiger partial charge in [0.25, 0.3) is 0 Å². The summed E-state index contributed by atoms with van der Waals surface area (Å²) in [5.74, 6) is 0.690. The predicted molar refractivity (Wildman–Crippen MR) is 205 cm³/mol. The van der Waals surface area contributed by atoms with Crippen molar-refractivity contribution in [2.24, 2.45) is 0 Å². The lowest BCUT2D eigenvalue weighted by Gasteiger charge is -2.12. The first-order valence-electron chi connectivity index (χ1n) is 16.8. The van der Waals surface area contributed by atoms with Gasteiger partial charge in [-0.3, -0.25) is 0 Å². The van der Waals surface area contributed by atoms with E-state index in [4.69, 9.17) is 14.4 Å². The highest BCUT2D eigenvalue weighted by atomic mass is 16.3.